The molecule has 134 valence electrons. The summed E-state index contributed by atoms with van der Waals surface area (Å²) >= 11 is 1.64. The monoisotopic (exact) mass is 368 g/mol. The first-order chi connectivity index (χ1) is 12.7. The van der Waals surface area contributed by atoms with Gasteiger partial charge in [-0.15, -0.1) is 0 Å². The molecular formula is C19H20N4O2S. The molecule has 3 heterocycles. The lowest BCUT2D eigenvalue weighted by Gasteiger charge is -2.21. The molecule has 0 aliphatic carbocycles. The minimum Gasteiger partial charge on any atom is -0.463 e. The molecule has 0 unspecified atom stereocenters. The van der Waals surface area contributed by atoms with Gasteiger partial charge in [0.05, 0.1) is 12.3 Å². The van der Waals surface area contributed by atoms with Crippen LogP contribution in [0.2, 0.25) is 0 Å². The molecule has 0 amide bonds. The van der Waals surface area contributed by atoms with Crippen LogP contribution in [0.4, 0.5) is 11.5 Å². The van der Waals surface area contributed by atoms with Gasteiger partial charge in [0.15, 0.2) is 5.82 Å². The third-order valence-corrected chi connectivity index (χ3v) is 5.43. The van der Waals surface area contributed by atoms with Crippen molar-refractivity contribution in [2.75, 3.05) is 25.0 Å². The van der Waals surface area contributed by atoms with E-state index in [-0.39, 0.29) is 5.97 Å². The van der Waals surface area contributed by atoms with Crippen LogP contribution in [0.5, 0.6) is 0 Å². The number of esters is 1. The van der Waals surface area contributed by atoms with Gasteiger partial charge >= 0.3 is 5.97 Å². The molecule has 4 rings (SSSR count). The number of hydrogen-bond acceptors (Lipinski definition) is 7. The molecule has 0 spiro atoms. The number of likely N-dealkylation sites (tertiary alicyclic amines) is 1. The first-order valence-electron chi connectivity index (χ1n) is 8.68. The standard InChI is InChI=1S/C19H20N4O2S/c1-2-25-17(24)10-14-5-8-23(12-14)11-13-3-4-16-15(9-13)22-18-19(26-16)21-7-6-20-18/h3-4,6-7,9-10H,2,5,8,11-12H2,1H3,(H,20,22). The maximum atomic E-state index is 11.6. The van der Waals surface area contributed by atoms with Crippen LogP contribution < -0.4 is 5.32 Å². The van der Waals surface area contributed by atoms with Gasteiger partial charge in [0.25, 0.3) is 0 Å². The number of carbonyl (C=O) groups excluding carboxylic acids is 1. The lowest BCUT2D eigenvalue weighted by atomic mass is 10.2. The summed E-state index contributed by atoms with van der Waals surface area (Å²) in [6.07, 6.45) is 5.97. The van der Waals surface area contributed by atoms with Gasteiger partial charge in [-0.3, -0.25) is 4.90 Å². The second-order valence-corrected chi connectivity index (χ2v) is 7.31. The van der Waals surface area contributed by atoms with E-state index in [0.29, 0.717) is 6.61 Å². The molecule has 7 heteroatoms. The molecule has 6 nitrogen and oxygen atoms in total. The van der Waals surface area contributed by atoms with Crippen LogP contribution in [0, 0.1) is 0 Å². The molecule has 2 aliphatic rings. The fourth-order valence-corrected chi connectivity index (χ4v) is 4.07. The minimum absolute atomic E-state index is 0.237. The Morgan fingerprint density at radius 1 is 1.38 bits per heavy atom. The van der Waals surface area contributed by atoms with E-state index < -0.39 is 0 Å². The van der Waals surface area contributed by atoms with Crippen molar-refractivity contribution in [2.45, 2.75) is 29.8 Å². The van der Waals surface area contributed by atoms with Crippen molar-refractivity contribution in [3.63, 3.8) is 0 Å². The smallest absolute Gasteiger partial charge is 0.330 e. The van der Waals surface area contributed by atoms with Gasteiger partial charge < -0.3 is 10.1 Å². The van der Waals surface area contributed by atoms with Gasteiger partial charge in [0.1, 0.15) is 5.03 Å². The molecular weight excluding hydrogens is 348 g/mol. The Morgan fingerprint density at radius 2 is 2.27 bits per heavy atom. The number of ether oxygens (including phenoxy) is 1. The summed E-state index contributed by atoms with van der Waals surface area (Å²) in [6, 6.07) is 6.46. The Labute approximate surface area is 156 Å². The Kier molecular flexibility index (Phi) is 4.90. The number of nitrogens with one attached hydrogen (secondary N) is 1. The summed E-state index contributed by atoms with van der Waals surface area (Å²) < 4.78 is 4.99. The quantitative estimate of drug-likeness (QED) is 0.559. The summed E-state index contributed by atoms with van der Waals surface area (Å²) in [5, 5.41) is 4.27. The third-order valence-electron chi connectivity index (χ3n) is 4.36. The first kappa shape index (κ1) is 17.1. The SMILES string of the molecule is CCOC(=O)C=C1CCN(Cc2ccc3c(c2)Nc2nccnc2S3)C1. The molecule has 1 fully saturated rings. The predicted molar refractivity (Wildman–Crippen MR) is 100 cm³/mol. The molecule has 1 saturated heterocycles. The van der Waals surface area contributed by atoms with Crippen LogP contribution in [-0.2, 0) is 16.1 Å². The Bertz CT molecular complexity index is 868. The largest absolute Gasteiger partial charge is 0.463 e. The predicted octanol–water partition coefficient (Wildman–Crippen LogP) is 3.38. The average Bonchev–Trinajstić information content (AvgIpc) is 3.06. The van der Waals surface area contributed by atoms with Crippen LogP contribution >= 0.6 is 11.8 Å². The summed E-state index contributed by atoms with van der Waals surface area (Å²) in [4.78, 5) is 23.8. The number of rotatable bonds is 4. The number of aromatic nitrogens is 2. The lowest BCUT2D eigenvalue weighted by Crippen LogP contribution is -2.19. The van der Waals surface area contributed by atoms with E-state index in [1.165, 1.54) is 5.56 Å². The van der Waals surface area contributed by atoms with Crippen LogP contribution in [-0.4, -0.2) is 40.5 Å². The zero-order chi connectivity index (χ0) is 17.9. The number of fused-ring (bicyclic) bond motifs is 2. The van der Waals surface area contributed by atoms with E-state index in [4.69, 9.17) is 4.74 Å². The fraction of sp³-hybridized carbons (Fsp3) is 0.316. The summed E-state index contributed by atoms with van der Waals surface area (Å²) in [7, 11) is 0. The highest BCUT2D eigenvalue weighted by Crippen LogP contribution is 2.42. The number of anilines is 2. The number of hydrogen-bond donors (Lipinski definition) is 1. The van der Waals surface area contributed by atoms with Crippen molar-refractivity contribution in [2.24, 2.45) is 0 Å². The molecule has 0 saturated carbocycles. The van der Waals surface area contributed by atoms with E-state index >= 15 is 0 Å². The van der Waals surface area contributed by atoms with Crippen molar-refractivity contribution in [1.82, 2.24) is 14.9 Å². The molecule has 2 aromatic rings. The number of nitrogens with zero attached hydrogens (tertiary/aromatic N) is 3. The molecule has 0 radical (unpaired) electrons. The topological polar surface area (TPSA) is 67.3 Å². The van der Waals surface area contributed by atoms with Gasteiger partial charge in [-0.1, -0.05) is 17.8 Å². The third kappa shape index (κ3) is 3.73. The molecule has 0 atom stereocenters. The zero-order valence-electron chi connectivity index (χ0n) is 14.6. The van der Waals surface area contributed by atoms with Crippen molar-refractivity contribution < 1.29 is 9.53 Å². The van der Waals surface area contributed by atoms with Gasteiger partial charge in [-0.2, -0.15) is 0 Å². The molecule has 0 bridgehead atoms. The first-order valence-corrected chi connectivity index (χ1v) is 9.50. The highest BCUT2D eigenvalue weighted by Gasteiger charge is 2.20. The van der Waals surface area contributed by atoms with Gasteiger partial charge in [0.2, 0.25) is 0 Å². The summed E-state index contributed by atoms with van der Waals surface area (Å²) in [6.45, 7) is 4.86. The maximum absolute atomic E-state index is 11.6. The van der Waals surface area contributed by atoms with E-state index in [1.54, 1.807) is 30.2 Å². The van der Waals surface area contributed by atoms with Crippen LogP contribution in [0.25, 0.3) is 0 Å². The van der Waals surface area contributed by atoms with Crippen molar-refractivity contribution in [3.05, 3.63) is 47.8 Å². The average molecular weight is 368 g/mol. The van der Waals surface area contributed by atoms with Crippen LogP contribution in [0.15, 0.2) is 52.2 Å². The second kappa shape index (κ2) is 7.47. The van der Waals surface area contributed by atoms with Crippen LogP contribution in [0.1, 0.15) is 18.9 Å². The van der Waals surface area contributed by atoms with E-state index in [0.717, 1.165) is 53.1 Å². The Hall–Kier alpha value is -2.38. The van der Waals surface area contributed by atoms with Gasteiger partial charge in [-0.05, 0) is 36.6 Å². The highest BCUT2D eigenvalue weighted by molar-refractivity contribution is 7.99. The van der Waals surface area contributed by atoms with E-state index in [2.05, 4.69) is 38.4 Å². The second-order valence-electron chi connectivity index (χ2n) is 6.28. The number of carbonyl (C=O) groups is 1. The summed E-state index contributed by atoms with van der Waals surface area (Å²) in [5.41, 5.74) is 3.45. The van der Waals surface area contributed by atoms with E-state index in [9.17, 15) is 4.79 Å². The van der Waals surface area contributed by atoms with Crippen LogP contribution in [0.3, 0.4) is 0 Å². The molecule has 1 aromatic heterocycles. The Morgan fingerprint density at radius 3 is 3.15 bits per heavy atom. The minimum atomic E-state index is -0.237. The van der Waals surface area contributed by atoms with Crippen molar-refractivity contribution in [3.8, 4) is 0 Å². The van der Waals surface area contributed by atoms with Gasteiger partial charge in [0, 0.05) is 43.0 Å². The summed E-state index contributed by atoms with van der Waals surface area (Å²) in [5.74, 6) is 0.571. The molecule has 1 aromatic carbocycles. The van der Waals surface area contributed by atoms with Crippen molar-refractivity contribution in [1.29, 1.82) is 0 Å². The normalized spacial score (nSPS) is 17.5. The molecule has 1 N–H and O–H groups in total. The number of benzene rings is 1. The maximum Gasteiger partial charge on any atom is 0.330 e. The Balaban J connectivity index is 1.42. The molecule has 26 heavy (non-hydrogen) atoms. The van der Waals surface area contributed by atoms with E-state index in [1.807, 2.05) is 6.92 Å². The van der Waals surface area contributed by atoms with Crippen molar-refractivity contribution >= 4 is 29.2 Å². The van der Waals surface area contributed by atoms with Gasteiger partial charge in [-0.25, -0.2) is 14.8 Å². The highest BCUT2D eigenvalue weighted by atomic mass is 32.2. The zero-order valence-corrected chi connectivity index (χ0v) is 15.4. The molecule has 2 aliphatic heterocycles. The lowest BCUT2D eigenvalue weighted by molar-refractivity contribution is -0.137. The fourth-order valence-electron chi connectivity index (χ4n) is 3.19.